The van der Waals surface area contributed by atoms with Gasteiger partial charge in [-0.15, -0.1) is 12.4 Å². The number of fused-ring (bicyclic) bond motifs is 1. The maximum Gasteiger partial charge on any atom is 0.229 e. The lowest BCUT2D eigenvalue weighted by atomic mass is 10.2. The van der Waals surface area contributed by atoms with Crippen LogP contribution >= 0.6 is 24.0 Å². The summed E-state index contributed by atoms with van der Waals surface area (Å²) in [5.74, 6) is 1.54. The van der Waals surface area contributed by atoms with Crippen molar-refractivity contribution in [1.82, 2.24) is 24.6 Å². The maximum absolute atomic E-state index is 6.28. The number of piperazine rings is 1. The lowest BCUT2D eigenvalue weighted by Crippen LogP contribution is -2.45. The summed E-state index contributed by atoms with van der Waals surface area (Å²) >= 11 is 6.28. The largest absolute Gasteiger partial charge is 0.365 e. The molecule has 0 atom stereocenters. The fourth-order valence-corrected chi connectivity index (χ4v) is 3.32. The molecule has 1 aromatic carbocycles. The van der Waals surface area contributed by atoms with E-state index < -0.39 is 0 Å². The summed E-state index contributed by atoms with van der Waals surface area (Å²) in [5.41, 5.74) is 1.86. The summed E-state index contributed by atoms with van der Waals surface area (Å²) in [6.07, 6.45) is 1.80. The molecule has 0 bridgehead atoms. The lowest BCUT2D eigenvalue weighted by Gasteiger charge is -2.32. The Bertz CT molecular complexity index is 919. The van der Waals surface area contributed by atoms with Crippen LogP contribution in [0.5, 0.6) is 0 Å². The summed E-state index contributed by atoms with van der Waals surface area (Å²) < 4.78 is 1.79. The molecule has 1 saturated heterocycles. The van der Waals surface area contributed by atoms with Gasteiger partial charge in [-0.25, -0.2) is 0 Å². The number of halogens is 2. The van der Waals surface area contributed by atoms with Gasteiger partial charge >= 0.3 is 0 Å². The van der Waals surface area contributed by atoms with Crippen LogP contribution in [-0.4, -0.2) is 57.9 Å². The molecule has 1 N–H and O–H groups in total. The molecule has 144 valence electrons. The van der Waals surface area contributed by atoms with Crippen molar-refractivity contribution in [2.45, 2.75) is 6.54 Å². The van der Waals surface area contributed by atoms with Crippen molar-refractivity contribution in [2.75, 3.05) is 43.4 Å². The number of aryl methyl sites for hydroxylation is 1. The van der Waals surface area contributed by atoms with E-state index in [1.54, 1.807) is 10.9 Å². The molecular formula is C18H23Cl2N7. The average Bonchev–Trinajstić information content (AvgIpc) is 3.03. The van der Waals surface area contributed by atoms with Crippen molar-refractivity contribution in [3.05, 3.63) is 41.0 Å². The van der Waals surface area contributed by atoms with E-state index >= 15 is 0 Å². The first-order valence-corrected chi connectivity index (χ1v) is 9.10. The van der Waals surface area contributed by atoms with Crippen LogP contribution in [0.3, 0.4) is 0 Å². The molecule has 3 aromatic rings. The predicted octanol–water partition coefficient (Wildman–Crippen LogP) is 2.80. The highest BCUT2D eigenvalue weighted by molar-refractivity contribution is 6.31. The monoisotopic (exact) mass is 407 g/mol. The van der Waals surface area contributed by atoms with Crippen molar-refractivity contribution < 1.29 is 0 Å². The van der Waals surface area contributed by atoms with E-state index in [0.717, 1.165) is 59.6 Å². The minimum absolute atomic E-state index is 0. The fraction of sp³-hybridized carbons (Fsp3) is 0.389. The molecule has 0 unspecified atom stereocenters. The van der Waals surface area contributed by atoms with E-state index in [1.807, 2.05) is 31.3 Å². The number of nitrogens with zero attached hydrogens (tertiary/aromatic N) is 6. The van der Waals surface area contributed by atoms with Gasteiger partial charge < -0.3 is 15.1 Å². The Morgan fingerprint density at radius 2 is 1.81 bits per heavy atom. The summed E-state index contributed by atoms with van der Waals surface area (Å²) in [5, 5.41) is 9.43. The third-order valence-corrected chi connectivity index (χ3v) is 5.14. The summed E-state index contributed by atoms with van der Waals surface area (Å²) in [7, 11) is 4.04. The average molecular weight is 408 g/mol. The molecule has 7 nitrogen and oxygen atoms in total. The smallest absolute Gasteiger partial charge is 0.229 e. The third kappa shape index (κ3) is 4.10. The second-order valence-electron chi connectivity index (χ2n) is 6.61. The molecule has 9 heteroatoms. The molecule has 3 heterocycles. The number of rotatable bonds is 4. The van der Waals surface area contributed by atoms with Crippen molar-refractivity contribution in [2.24, 2.45) is 7.05 Å². The zero-order valence-corrected chi connectivity index (χ0v) is 17.0. The molecule has 0 aliphatic carbocycles. The van der Waals surface area contributed by atoms with Crippen LogP contribution in [-0.2, 0) is 13.6 Å². The SMILES string of the molecule is CN1CCN(c2nc(NCc3ccccc3Cl)c3cnn(C)c3n2)CC1.Cl. The second-order valence-corrected chi connectivity index (χ2v) is 7.02. The highest BCUT2D eigenvalue weighted by atomic mass is 35.5. The van der Waals surface area contributed by atoms with Gasteiger partial charge in [-0.2, -0.15) is 15.1 Å². The van der Waals surface area contributed by atoms with Crippen LogP contribution in [0.15, 0.2) is 30.5 Å². The Hall–Kier alpha value is -2.09. The van der Waals surface area contributed by atoms with E-state index in [1.165, 1.54) is 0 Å². The molecule has 27 heavy (non-hydrogen) atoms. The minimum atomic E-state index is 0. The first kappa shape index (κ1) is 19.7. The number of nitrogens with one attached hydrogen (secondary N) is 1. The highest BCUT2D eigenvalue weighted by Gasteiger charge is 2.19. The zero-order chi connectivity index (χ0) is 18.1. The topological polar surface area (TPSA) is 62.1 Å². The van der Waals surface area contributed by atoms with Gasteiger partial charge in [0.2, 0.25) is 5.95 Å². The Kier molecular flexibility index (Phi) is 6.04. The van der Waals surface area contributed by atoms with Gasteiger partial charge in [-0.1, -0.05) is 29.8 Å². The van der Waals surface area contributed by atoms with Crippen molar-refractivity contribution >= 4 is 46.8 Å². The zero-order valence-electron chi connectivity index (χ0n) is 15.4. The first-order chi connectivity index (χ1) is 12.6. The van der Waals surface area contributed by atoms with Crippen LogP contribution in [0, 0.1) is 0 Å². The third-order valence-electron chi connectivity index (χ3n) is 4.77. The first-order valence-electron chi connectivity index (χ1n) is 8.72. The van der Waals surface area contributed by atoms with Gasteiger partial charge in [0.05, 0.1) is 11.6 Å². The van der Waals surface area contributed by atoms with E-state index in [9.17, 15) is 0 Å². The fourth-order valence-electron chi connectivity index (χ4n) is 3.11. The Labute approximate surface area is 169 Å². The van der Waals surface area contributed by atoms with Gasteiger partial charge in [-0.3, -0.25) is 4.68 Å². The molecule has 0 amide bonds. The van der Waals surface area contributed by atoms with E-state index in [0.29, 0.717) is 6.54 Å². The Morgan fingerprint density at radius 1 is 1.07 bits per heavy atom. The Balaban J connectivity index is 0.00000210. The molecule has 0 saturated carbocycles. The molecule has 1 fully saturated rings. The van der Waals surface area contributed by atoms with Crippen LogP contribution in [0.4, 0.5) is 11.8 Å². The van der Waals surface area contributed by atoms with Crippen LogP contribution in [0.25, 0.3) is 11.0 Å². The van der Waals surface area contributed by atoms with Crippen molar-refractivity contribution in [1.29, 1.82) is 0 Å². The van der Waals surface area contributed by atoms with Gasteiger partial charge in [0.1, 0.15) is 5.82 Å². The summed E-state index contributed by atoms with van der Waals surface area (Å²) in [6.45, 7) is 4.46. The molecule has 2 aromatic heterocycles. The summed E-state index contributed by atoms with van der Waals surface area (Å²) in [4.78, 5) is 14.1. The minimum Gasteiger partial charge on any atom is -0.365 e. The van der Waals surface area contributed by atoms with Gasteiger partial charge in [-0.05, 0) is 18.7 Å². The van der Waals surface area contributed by atoms with Gasteiger partial charge in [0.25, 0.3) is 0 Å². The number of anilines is 2. The van der Waals surface area contributed by atoms with Crippen LogP contribution in [0.2, 0.25) is 5.02 Å². The van der Waals surface area contributed by atoms with Gasteiger partial charge in [0, 0.05) is 44.8 Å². The van der Waals surface area contributed by atoms with Crippen molar-refractivity contribution in [3.8, 4) is 0 Å². The molecule has 0 spiro atoms. The number of hydrogen-bond acceptors (Lipinski definition) is 6. The molecule has 0 radical (unpaired) electrons. The van der Waals surface area contributed by atoms with Crippen LogP contribution in [0.1, 0.15) is 5.56 Å². The summed E-state index contributed by atoms with van der Waals surface area (Å²) in [6, 6.07) is 7.83. The molecular weight excluding hydrogens is 385 g/mol. The van der Waals surface area contributed by atoms with E-state index in [2.05, 4.69) is 27.3 Å². The van der Waals surface area contributed by atoms with Crippen molar-refractivity contribution in [3.63, 3.8) is 0 Å². The highest BCUT2D eigenvalue weighted by Crippen LogP contribution is 2.25. The number of likely N-dealkylation sites (N-methyl/N-ethyl adjacent to an activating group) is 1. The second kappa shape index (κ2) is 8.29. The Morgan fingerprint density at radius 3 is 2.56 bits per heavy atom. The number of benzene rings is 1. The predicted molar refractivity (Wildman–Crippen MR) is 112 cm³/mol. The maximum atomic E-state index is 6.28. The number of hydrogen-bond donors (Lipinski definition) is 1. The lowest BCUT2D eigenvalue weighted by molar-refractivity contribution is 0.311. The molecule has 1 aliphatic rings. The molecule has 1 aliphatic heterocycles. The quantitative estimate of drug-likeness (QED) is 0.717. The van der Waals surface area contributed by atoms with Gasteiger partial charge in [0.15, 0.2) is 5.65 Å². The van der Waals surface area contributed by atoms with E-state index in [4.69, 9.17) is 21.6 Å². The molecule has 4 rings (SSSR count). The normalized spacial score (nSPS) is 15.0. The van der Waals surface area contributed by atoms with Crippen LogP contribution < -0.4 is 10.2 Å². The standard InChI is InChI=1S/C18H22ClN7.ClH/c1-24-7-9-26(10-8-24)18-22-16(14-12-21-25(2)17(14)23-18)20-11-13-5-3-4-6-15(13)19;/h3-6,12H,7-11H2,1-2H3,(H,20,22,23);1H. The number of aromatic nitrogens is 4. The van der Waals surface area contributed by atoms with E-state index in [-0.39, 0.29) is 12.4 Å².